The molecule has 25 heavy (non-hydrogen) atoms. The molecule has 134 valence electrons. The Morgan fingerprint density at radius 1 is 1.36 bits per heavy atom. The van der Waals surface area contributed by atoms with Gasteiger partial charge >= 0.3 is 0 Å². The minimum atomic E-state index is -0.306. The van der Waals surface area contributed by atoms with Crippen LogP contribution in [0, 0.1) is 12.7 Å². The number of aryl methyl sites for hydroxylation is 2. The number of aliphatic hydroxyl groups excluding tert-OH is 1. The van der Waals surface area contributed by atoms with E-state index in [-0.39, 0.29) is 24.4 Å². The van der Waals surface area contributed by atoms with Gasteiger partial charge < -0.3 is 15.3 Å². The van der Waals surface area contributed by atoms with Crippen molar-refractivity contribution in [2.75, 3.05) is 18.0 Å². The fourth-order valence-electron chi connectivity index (χ4n) is 3.12. The van der Waals surface area contributed by atoms with Crippen LogP contribution in [0.2, 0.25) is 0 Å². The molecule has 1 aliphatic rings. The normalized spacial score (nSPS) is 15.4. The maximum atomic E-state index is 14.4. The van der Waals surface area contributed by atoms with Crippen LogP contribution in [-0.4, -0.2) is 40.0 Å². The van der Waals surface area contributed by atoms with Gasteiger partial charge in [0.15, 0.2) is 0 Å². The maximum Gasteiger partial charge on any atom is 0.269 e. The summed E-state index contributed by atoms with van der Waals surface area (Å²) in [5, 5.41) is 16.5. The van der Waals surface area contributed by atoms with E-state index in [1.54, 1.807) is 19.2 Å². The monoisotopic (exact) mass is 346 g/mol. The number of benzene rings is 1. The number of aromatic nitrogens is 2. The number of nitrogens with zero attached hydrogens (tertiary/aromatic N) is 3. The van der Waals surface area contributed by atoms with E-state index in [4.69, 9.17) is 0 Å². The minimum absolute atomic E-state index is 0.238. The van der Waals surface area contributed by atoms with Crippen LogP contribution in [0.3, 0.4) is 0 Å². The summed E-state index contributed by atoms with van der Waals surface area (Å²) in [6.07, 6.45) is 1.02. The van der Waals surface area contributed by atoms with E-state index in [1.807, 2.05) is 17.9 Å². The smallest absolute Gasteiger partial charge is 0.269 e. The number of amides is 1. The lowest BCUT2D eigenvalue weighted by atomic mass is 10.1. The average Bonchev–Trinajstić information content (AvgIpc) is 2.92. The molecule has 1 aromatic heterocycles. The summed E-state index contributed by atoms with van der Waals surface area (Å²) in [4.78, 5) is 14.1. The van der Waals surface area contributed by atoms with Gasteiger partial charge in [0, 0.05) is 26.7 Å². The first-order valence-electron chi connectivity index (χ1n) is 8.44. The number of aliphatic hydroxyl groups is 1. The maximum absolute atomic E-state index is 14.4. The molecule has 1 aliphatic heterocycles. The van der Waals surface area contributed by atoms with Crippen molar-refractivity contribution >= 4 is 11.6 Å². The third kappa shape index (κ3) is 3.99. The third-order valence-corrected chi connectivity index (χ3v) is 4.50. The molecule has 7 heteroatoms. The van der Waals surface area contributed by atoms with Crippen molar-refractivity contribution < 1.29 is 14.3 Å². The number of halogens is 1. The predicted molar refractivity (Wildman–Crippen MR) is 93.0 cm³/mol. The summed E-state index contributed by atoms with van der Waals surface area (Å²) >= 11 is 0. The molecule has 2 aromatic rings. The van der Waals surface area contributed by atoms with Crippen LogP contribution in [0.1, 0.15) is 34.6 Å². The van der Waals surface area contributed by atoms with E-state index in [1.165, 1.54) is 10.7 Å². The van der Waals surface area contributed by atoms with E-state index < -0.39 is 0 Å². The first-order valence-corrected chi connectivity index (χ1v) is 8.44. The zero-order valence-electron chi connectivity index (χ0n) is 14.5. The molecule has 0 unspecified atom stereocenters. The summed E-state index contributed by atoms with van der Waals surface area (Å²) < 4.78 is 15.9. The fourth-order valence-corrected chi connectivity index (χ4v) is 3.12. The molecule has 2 heterocycles. The molecule has 1 aromatic carbocycles. The Morgan fingerprint density at radius 3 is 2.68 bits per heavy atom. The Labute approximate surface area is 146 Å². The molecule has 0 saturated carbocycles. The second-order valence-electron chi connectivity index (χ2n) is 6.48. The van der Waals surface area contributed by atoms with Crippen LogP contribution in [0.15, 0.2) is 24.3 Å². The number of rotatable bonds is 4. The van der Waals surface area contributed by atoms with Gasteiger partial charge in [-0.1, -0.05) is 6.07 Å². The summed E-state index contributed by atoms with van der Waals surface area (Å²) in [6, 6.07) is 6.72. The van der Waals surface area contributed by atoms with Gasteiger partial charge in [-0.05, 0) is 43.5 Å². The molecule has 6 nitrogen and oxygen atoms in total. The van der Waals surface area contributed by atoms with Crippen molar-refractivity contribution in [2.45, 2.75) is 32.4 Å². The zero-order chi connectivity index (χ0) is 18.0. The van der Waals surface area contributed by atoms with E-state index >= 15 is 0 Å². The van der Waals surface area contributed by atoms with E-state index in [0.717, 1.165) is 5.69 Å². The highest BCUT2D eigenvalue weighted by Crippen LogP contribution is 2.24. The van der Waals surface area contributed by atoms with Gasteiger partial charge in [-0.15, -0.1) is 0 Å². The van der Waals surface area contributed by atoms with Crippen LogP contribution in [0.5, 0.6) is 0 Å². The number of carbonyl (C=O) groups excluding carboxylic acids is 1. The van der Waals surface area contributed by atoms with Crippen LogP contribution in [0.4, 0.5) is 10.1 Å². The van der Waals surface area contributed by atoms with E-state index in [9.17, 15) is 14.3 Å². The summed E-state index contributed by atoms with van der Waals surface area (Å²) in [7, 11) is 1.71. The lowest BCUT2D eigenvalue weighted by Gasteiger charge is -2.31. The molecule has 1 saturated heterocycles. The third-order valence-electron chi connectivity index (χ3n) is 4.50. The number of hydrogen-bond acceptors (Lipinski definition) is 4. The van der Waals surface area contributed by atoms with Crippen molar-refractivity contribution in [2.24, 2.45) is 7.05 Å². The van der Waals surface area contributed by atoms with Crippen LogP contribution in [-0.2, 0) is 13.6 Å². The van der Waals surface area contributed by atoms with Crippen molar-refractivity contribution in [1.82, 2.24) is 15.1 Å². The molecular formula is C18H23FN4O2. The molecule has 0 spiro atoms. The lowest BCUT2D eigenvalue weighted by Crippen LogP contribution is -2.36. The van der Waals surface area contributed by atoms with Gasteiger partial charge in [-0.2, -0.15) is 5.10 Å². The van der Waals surface area contributed by atoms with E-state index in [0.29, 0.717) is 42.9 Å². The first kappa shape index (κ1) is 17.4. The van der Waals surface area contributed by atoms with Crippen molar-refractivity contribution in [3.8, 4) is 0 Å². The van der Waals surface area contributed by atoms with Crippen LogP contribution >= 0.6 is 0 Å². The second kappa shape index (κ2) is 7.23. The molecule has 0 radical (unpaired) electrons. The summed E-state index contributed by atoms with van der Waals surface area (Å²) in [6.45, 7) is 3.37. The SMILES string of the molecule is Cc1cc(C(=O)NCc2ccc(N3CCC(O)CC3)c(F)c2)n(C)n1. The van der Waals surface area contributed by atoms with Gasteiger partial charge in [-0.25, -0.2) is 4.39 Å². The predicted octanol–water partition coefficient (Wildman–Crippen LogP) is 1.76. The first-order chi connectivity index (χ1) is 11.9. The molecule has 0 bridgehead atoms. The highest BCUT2D eigenvalue weighted by Gasteiger charge is 2.20. The Balaban J connectivity index is 1.63. The topological polar surface area (TPSA) is 70.4 Å². The fraction of sp³-hybridized carbons (Fsp3) is 0.444. The quantitative estimate of drug-likeness (QED) is 0.885. The van der Waals surface area contributed by atoms with Gasteiger partial charge in [0.25, 0.3) is 5.91 Å². The lowest BCUT2D eigenvalue weighted by molar-refractivity contribution is 0.0941. The summed E-state index contributed by atoms with van der Waals surface area (Å²) in [5.74, 6) is -0.544. The van der Waals surface area contributed by atoms with E-state index in [2.05, 4.69) is 10.4 Å². The largest absolute Gasteiger partial charge is 0.393 e. The Bertz CT molecular complexity index is 766. The summed E-state index contributed by atoms with van der Waals surface area (Å²) in [5.41, 5.74) is 2.49. The van der Waals surface area contributed by atoms with Crippen molar-refractivity contribution in [3.63, 3.8) is 0 Å². The second-order valence-corrected chi connectivity index (χ2v) is 6.48. The Hall–Kier alpha value is -2.41. The Kier molecular flexibility index (Phi) is 5.03. The number of anilines is 1. The van der Waals surface area contributed by atoms with Gasteiger partial charge in [0.2, 0.25) is 0 Å². The highest BCUT2D eigenvalue weighted by atomic mass is 19.1. The van der Waals surface area contributed by atoms with Gasteiger partial charge in [0.05, 0.1) is 17.5 Å². The molecular weight excluding hydrogens is 323 g/mol. The Morgan fingerprint density at radius 2 is 2.08 bits per heavy atom. The number of nitrogens with one attached hydrogen (secondary N) is 1. The number of carbonyl (C=O) groups is 1. The minimum Gasteiger partial charge on any atom is -0.393 e. The number of piperidine rings is 1. The van der Waals surface area contributed by atoms with Crippen LogP contribution < -0.4 is 10.2 Å². The molecule has 2 N–H and O–H groups in total. The molecule has 1 fully saturated rings. The molecule has 0 aliphatic carbocycles. The van der Waals surface area contributed by atoms with Crippen molar-refractivity contribution in [3.05, 3.63) is 47.0 Å². The van der Waals surface area contributed by atoms with Gasteiger partial charge in [0.1, 0.15) is 11.5 Å². The van der Waals surface area contributed by atoms with Gasteiger partial charge in [-0.3, -0.25) is 9.48 Å². The number of hydrogen-bond donors (Lipinski definition) is 2. The molecule has 1 amide bonds. The standard InChI is InChI=1S/C18H23FN4O2/c1-12-9-17(22(2)21-12)18(25)20-11-13-3-4-16(15(19)10-13)23-7-5-14(24)6-8-23/h3-4,9-10,14,24H,5-8,11H2,1-2H3,(H,20,25). The highest BCUT2D eigenvalue weighted by molar-refractivity contribution is 5.92. The molecule has 3 rings (SSSR count). The average molecular weight is 346 g/mol. The molecule has 0 atom stereocenters. The van der Waals surface area contributed by atoms with Crippen LogP contribution in [0.25, 0.3) is 0 Å². The zero-order valence-corrected chi connectivity index (χ0v) is 14.5. The van der Waals surface area contributed by atoms with Crippen molar-refractivity contribution in [1.29, 1.82) is 0 Å².